The monoisotopic (exact) mass is 437 g/mol. The lowest BCUT2D eigenvalue weighted by Crippen LogP contribution is -2.35. The lowest BCUT2D eigenvalue weighted by molar-refractivity contribution is -0.117. The molecule has 1 amide bonds. The number of para-hydroxylation sites is 2. The van der Waals surface area contributed by atoms with Gasteiger partial charge in [0.05, 0.1) is 11.2 Å². The van der Waals surface area contributed by atoms with Crippen LogP contribution in [0.2, 0.25) is 0 Å². The SMILES string of the molecule is CC(=O)c1ccccc1NC(CCCc1ccccc1)C(=O)Nc1cccc2cccnc12. The van der Waals surface area contributed by atoms with Crippen LogP contribution in [-0.2, 0) is 11.2 Å². The Morgan fingerprint density at radius 2 is 1.58 bits per heavy atom. The number of hydrogen-bond donors (Lipinski definition) is 2. The Balaban J connectivity index is 1.55. The molecule has 33 heavy (non-hydrogen) atoms. The Bertz CT molecular complexity index is 1250. The Hall–Kier alpha value is -3.99. The first kappa shape index (κ1) is 22.2. The molecule has 0 aliphatic carbocycles. The van der Waals surface area contributed by atoms with E-state index in [0.717, 1.165) is 23.7 Å². The summed E-state index contributed by atoms with van der Waals surface area (Å²) < 4.78 is 0. The minimum Gasteiger partial charge on any atom is -0.373 e. The van der Waals surface area contributed by atoms with E-state index in [1.54, 1.807) is 12.3 Å². The second kappa shape index (κ2) is 10.6. The van der Waals surface area contributed by atoms with E-state index in [1.807, 2.05) is 66.7 Å². The predicted octanol–water partition coefficient (Wildman–Crippen LogP) is 5.88. The number of anilines is 2. The lowest BCUT2D eigenvalue weighted by atomic mass is 10.0. The van der Waals surface area contributed by atoms with Gasteiger partial charge in [0.15, 0.2) is 5.78 Å². The Morgan fingerprint density at radius 3 is 2.39 bits per heavy atom. The number of carbonyl (C=O) groups excluding carboxylic acids is 2. The van der Waals surface area contributed by atoms with Crippen LogP contribution in [0.3, 0.4) is 0 Å². The number of aromatic nitrogens is 1. The van der Waals surface area contributed by atoms with Gasteiger partial charge in [0.2, 0.25) is 5.91 Å². The Kier molecular flexibility index (Phi) is 7.10. The molecular weight excluding hydrogens is 410 g/mol. The van der Waals surface area contributed by atoms with Crippen LogP contribution in [0.5, 0.6) is 0 Å². The average Bonchev–Trinajstić information content (AvgIpc) is 2.84. The smallest absolute Gasteiger partial charge is 0.246 e. The molecule has 0 spiro atoms. The zero-order valence-corrected chi connectivity index (χ0v) is 18.6. The summed E-state index contributed by atoms with van der Waals surface area (Å²) in [6.45, 7) is 1.53. The van der Waals surface area contributed by atoms with Gasteiger partial charge >= 0.3 is 0 Å². The topological polar surface area (TPSA) is 71.1 Å². The molecule has 166 valence electrons. The van der Waals surface area contributed by atoms with Gasteiger partial charge in [-0.25, -0.2) is 0 Å². The summed E-state index contributed by atoms with van der Waals surface area (Å²) in [6, 6.07) is 26.6. The molecule has 0 saturated carbocycles. The highest BCUT2D eigenvalue weighted by Crippen LogP contribution is 2.23. The molecule has 1 aromatic heterocycles. The number of benzene rings is 3. The molecule has 1 atom stereocenters. The fourth-order valence-electron chi connectivity index (χ4n) is 3.95. The molecule has 0 bridgehead atoms. The van der Waals surface area contributed by atoms with Crippen LogP contribution >= 0.6 is 0 Å². The number of rotatable bonds is 9. The van der Waals surface area contributed by atoms with Crippen LogP contribution in [0.1, 0.15) is 35.7 Å². The van der Waals surface area contributed by atoms with Crippen molar-refractivity contribution in [2.75, 3.05) is 10.6 Å². The number of hydrogen-bond acceptors (Lipinski definition) is 4. The van der Waals surface area contributed by atoms with E-state index in [9.17, 15) is 9.59 Å². The van der Waals surface area contributed by atoms with E-state index in [2.05, 4.69) is 27.8 Å². The number of amides is 1. The summed E-state index contributed by atoms with van der Waals surface area (Å²) in [7, 11) is 0. The van der Waals surface area contributed by atoms with Gasteiger partial charge < -0.3 is 10.6 Å². The zero-order valence-electron chi connectivity index (χ0n) is 18.6. The van der Waals surface area contributed by atoms with Gasteiger partial charge in [-0.05, 0) is 56.0 Å². The summed E-state index contributed by atoms with van der Waals surface area (Å²) in [4.78, 5) is 29.9. The zero-order chi connectivity index (χ0) is 23.0. The molecule has 1 unspecified atom stereocenters. The molecule has 0 fully saturated rings. The van der Waals surface area contributed by atoms with Crippen LogP contribution in [0.15, 0.2) is 91.1 Å². The summed E-state index contributed by atoms with van der Waals surface area (Å²) in [6.07, 6.45) is 4.03. The molecule has 2 N–H and O–H groups in total. The number of carbonyl (C=O) groups is 2. The summed E-state index contributed by atoms with van der Waals surface area (Å²) in [5.74, 6) is -0.195. The van der Waals surface area contributed by atoms with Crippen LogP contribution in [-0.4, -0.2) is 22.7 Å². The van der Waals surface area contributed by atoms with Crippen molar-refractivity contribution in [3.8, 4) is 0 Å². The number of aryl methyl sites for hydroxylation is 1. The number of nitrogens with one attached hydrogen (secondary N) is 2. The standard InChI is InChI=1S/C28H27N3O2/c1-20(32)23-15-5-6-16-24(23)30-26(18-7-12-21-10-3-2-4-11-21)28(33)31-25-17-8-13-22-14-9-19-29-27(22)25/h2-6,8-11,13-17,19,26,30H,7,12,18H2,1H3,(H,31,33). The average molecular weight is 438 g/mol. The van der Waals surface area contributed by atoms with E-state index in [-0.39, 0.29) is 11.7 Å². The quantitative estimate of drug-likeness (QED) is 0.321. The van der Waals surface area contributed by atoms with Crippen molar-refractivity contribution >= 4 is 34.0 Å². The minimum absolute atomic E-state index is 0.0419. The van der Waals surface area contributed by atoms with E-state index in [4.69, 9.17) is 0 Å². The van der Waals surface area contributed by atoms with E-state index < -0.39 is 6.04 Å². The number of nitrogens with zero attached hydrogens (tertiary/aromatic N) is 1. The highest BCUT2D eigenvalue weighted by atomic mass is 16.2. The van der Waals surface area contributed by atoms with Crippen molar-refractivity contribution in [1.82, 2.24) is 4.98 Å². The maximum atomic E-state index is 13.4. The Morgan fingerprint density at radius 1 is 0.848 bits per heavy atom. The van der Waals surface area contributed by atoms with E-state index >= 15 is 0 Å². The van der Waals surface area contributed by atoms with Crippen LogP contribution in [0, 0.1) is 0 Å². The van der Waals surface area contributed by atoms with Crippen molar-refractivity contribution in [3.63, 3.8) is 0 Å². The summed E-state index contributed by atoms with van der Waals surface area (Å²) >= 11 is 0. The molecule has 5 nitrogen and oxygen atoms in total. The molecule has 4 aromatic rings. The normalized spacial score (nSPS) is 11.7. The highest BCUT2D eigenvalue weighted by Gasteiger charge is 2.21. The van der Waals surface area contributed by atoms with Gasteiger partial charge in [-0.3, -0.25) is 14.6 Å². The molecule has 0 aliphatic rings. The van der Waals surface area contributed by atoms with Crippen molar-refractivity contribution in [2.45, 2.75) is 32.2 Å². The number of Topliss-reactive ketones (excluding diaryl/α,β-unsaturated/α-hetero) is 1. The second-order valence-electron chi connectivity index (χ2n) is 8.05. The number of ketones is 1. The van der Waals surface area contributed by atoms with Crippen molar-refractivity contribution in [1.29, 1.82) is 0 Å². The van der Waals surface area contributed by atoms with Crippen LogP contribution in [0.25, 0.3) is 10.9 Å². The third-order valence-corrected chi connectivity index (χ3v) is 5.64. The predicted molar refractivity (Wildman–Crippen MR) is 134 cm³/mol. The third kappa shape index (κ3) is 5.63. The molecule has 0 radical (unpaired) electrons. The summed E-state index contributed by atoms with van der Waals surface area (Å²) in [5.41, 5.74) is 3.90. The maximum Gasteiger partial charge on any atom is 0.246 e. The fraction of sp³-hybridized carbons (Fsp3) is 0.179. The van der Waals surface area contributed by atoms with Crippen molar-refractivity contribution in [2.24, 2.45) is 0 Å². The first-order valence-electron chi connectivity index (χ1n) is 11.2. The first-order chi connectivity index (χ1) is 16.1. The summed E-state index contributed by atoms with van der Waals surface area (Å²) in [5, 5.41) is 7.35. The lowest BCUT2D eigenvalue weighted by Gasteiger charge is -2.21. The molecule has 5 heteroatoms. The van der Waals surface area contributed by atoms with Crippen molar-refractivity contribution < 1.29 is 9.59 Å². The molecule has 0 aliphatic heterocycles. The first-order valence-corrected chi connectivity index (χ1v) is 11.2. The van der Waals surface area contributed by atoms with Gasteiger partial charge in [0.25, 0.3) is 0 Å². The highest BCUT2D eigenvalue weighted by molar-refractivity contribution is 6.04. The van der Waals surface area contributed by atoms with Gasteiger partial charge in [-0.1, -0.05) is 60.7 Å². The third-order valence-electron chi connectivity index (χ3n) is 5.64. The van der Waals surface area contributed by atoms with Crippen LogP contribution in [0.4, 0.5) is 11.4 Å². The largest absolute Gasteiger partial charge is 0.373 e. The second-order valence-corrected chi connectivity index (χ2v) is 8.05. The van der Waals surface area contributed by atoms with Gasteiger partial charge in [0, 0.05) is 22.8 Å². The number of pyridine rings is 1. The van der Waals surface area contributed by atoms with Gasteiger partial charge in [-0.2, -0.15) is 0 Å². The van der Waals surface area contributed by atoms with Gasteiger partial charge in [-0.15, -0.1) is 0 Å². The minimum atomic E-state index is -0.506. The fourth-order valence-corrected chi connectivity index (χ4v) is 3.95. The van der Waals surface area contributed by atoms with Gasteiger partial charge in [0.1, 0.15) is 6.04 Å². The van der Waals surface area contributed by atoms with E-state index in [0.29, 0.717) is 23.4 Å². The molecular formula is C28H27N3O2. The van der Waals surface area contributed by atoms with E-state index in [1.165, 1.54) is 12.5 Å². The maximum absolute atomic E-state index is 13.4. The molecule has 3 aromatic carbocycles. The van der Waals surface area contributed by atoms with Crippen molar-refractivity contribution in [3.05, 3.63) is 102 Å². The molecule has 0 saturated heterocycles. The Labute approximate surface area is 193 Å². The van der Waals surface area contributed by atoms with Crippen LogP contribution < -0.4 is 10.6 Å². The molecule has 4 rings (SSSR count). The molecule has 1 heterocycles. The number of fused-ring (bicyclic) bond motifs is 1.